The van der Waals surface area contributed by atoms with E-state index in [9.17, 15) is 23.2 Å². The Morgan fingerprint density at radius 1 is 1.17 bits per heavy atom. The van der Waals surface area contributed by atoms with Crippen molar-refractivity contribution in [2.24, 2.45) is 11.3 Å². The Bertz CT molecular complexity index is 618. The fourth-order valence-electron chi connectivity index (χ4n) is 2.06. The third-order valence-corrected chi connectivity index (χ3v) is 3.40. The first kappa shape index (κ1) is 18.9. The van der Waals surface area contributed by atoms with Crippen molar-refractivity contribution >= 4 is 17.5 Å². The van der Waals surface area contributed by atoms with Gasteiger partial charge in [-0.15, -0.1) is 0 Å². The highest BCUT2D eigenvalue weighted by Crippen LogP contribution is 2.30. The van der Waals surface area contributed by atoms with E-state index in [4.69, 9.17) is 4.74 Å². The van der Waals surface area contributed by atoms with E-state index in [-0.39, 0.29) is 12.2 Å². The van der Waals surface area contributed by atoms with Crippen molar-refractivity contribution in [1.29, 1.82) is 0 Å². The Hall–Kier alpha value is -2.11. The Labute approximate surface area is 133 Å². The van der Waals surface area contributed by atoms with Crippen LogP contribution in [0.3, 0.4) is 0 Å². The van der Waals surface area contributed by atoms with Gasteiger partial charge in [0.1, 0.15) is 17.4 Å². The van der Waals surface area contributed by atoms with E-state index in [0.29, 0.717) is 0 Å². The molecule has 0 aromatic heterocycles. The minimum atomic E-state index is -0.886. The Kier molecular flexibility index (Phi) is 6.12. The lowest BCUT2D eigenvalue weighted by atomic mass is 9.78. The smallest absolute Gasteiger partial charge is 0.310 e. The second-order valence-corrected chi connectivity index (χ2v) is 6.48. The standard InChI is InChI=1S/C17H20F2O4/c1-10(20)7-13(17(2,3)4)16(22)23-9-15(21)12-8-11(18)5-6-14(12)19/h5-6,8,13H,7,9H2,1-4H3/t13-/m0/s1. The lowest BCUT2D eigenvalue weighted by Gasteiger charge is -2.27. The Morgan fingerprint density at radius 3 is 2.30 bits per heavy atom. The lowest BCUT2D eigenvalue weighted by Crippen LogP contribution is -2.33. The minimum absolute atomic E-state index is 0.00908. The molecule has 126 valence electrons. The van der Waals surface area contributed by atoms with Crippen LogP contribution in [0.25, 0.3) is 0 Å². The summed E-state index contributed by atoms with van der Waals surface area (Å²) in [4.78, 5) is 35.3. The van der Waals surface area contributed by atoms with Crippen molar-refractivity contribution in [2.45, 2.75) is 34.1 Å². The van der Waals surface area contributed by atoms with Crippen LogP contribution in [0.15, 0.2) is 18.2 Å². The van der Waals surface area contributed by atoms with Crippen molar-refractivity contribution in [2.75, 3.05) is 6.61 Å². The molecule has 0 amide bonds. The zero-order valence-electron chi connectivity index (χ0n) is 13.6. The van der Waals surface area contributed by atoms with Gasteiger partial charge < -0.3 is 9.53 Å². The molecule has 0 unspecified atom stereocenters. The quantitative estimate of drug-likeness (QED) is 0.594. The first-order valence-corrected chi connectivity index (χ1v) is 7.16. The lowest BCUT2D eigenvalue weighted by molar-refractivity contribution is -0.153. The number of ketones is 2. The van der Waals surface area contributed by atoms with Crippen LogP contribution in [0.5, 0.6) is 0 Å². The van der Waals surface area contributed by atoms with Crippen molar-refractivity contribution < 1.29 is 27.9 Å². The van der Waals surface area contributed by atoms with E-state index in [1.54, 1.807) is 20.8 Å². The van der Waals surface area contributed by atoms with Gasteiger partial charge in [-0.3, -0.25) is 9.59 Å². The monoisotopic (exact) mass is 326 g/mol. The SMILES string of the molecule is CC(=O)C[C@@H](C(=O)OCC(=O)c1cc(F)ccc1F)C(C)(C)C. The van der Waals surface area contributed by atoms with Gasteiger partial charge in [-0.25, -0.2) is 8.78 Å². The second-order valence-electron chi connectivity index (χ2n) is 6.48. The minimum Gasteiger partial charge on any atom is -0.457 e. The molecular formula is C17H20F2O4. The second kappa shape index (κ2) is 7.44. The van der Waals surface area contributed by atoms with Crippen LogP contribution < -0.4 is 0 Å². The zero-order valence-corrected chi connectivity index (χ0v) is 13.6. The maximum absolute atomic E-state index is 13.5. The van der Waals surface area contributed by atoms with Crippen LogP contribution in [0.4, 0.5) is 8.78 Å². The zero-order chi connectivity index (χ0) is 17.8. The van der Waals surface area contributed by atoms with Gasteiger partial charge in [-0.05, 0) is 30.5 Å². The number of Topliss-reactive ketones (excluding diaryl/α,β-unsaturated/α-hetero) is 2. The molecule has 1 aromatic carbocycles. The van der Waals surface area contributed by atoms with Gasteiger partial charge in [-0.2, -0.15) is 0 Å². The topological polar surface area (TPSA) is 60.4 Å². The summed E-state index contributed by atoms with van der Waals surface area (Å²) in [6.07, 6.45) is -0.00908. The van der Waals surface area contributed by atoms with Gasteiger partial charge in [-0.1, -0.05) is 20.8 Å². The summed E-state index contributed by atoms with van der Waals surface area (Å²) < 4.78 is 31.5. The van der Waals surface area contributed by atoms with Crippen LogP contribution in [-0.4, -0.2) is 24.1 Å². The number of benzene rings is 1. The van der Waals surface area contributed by atoms with Gasteiger partial charge in [0.2, 0.25) is 5.78 Å². The molecule has 0 aliphatic carbocycles. The average Bonchev–Trinajstić information content (AvgIpc) is 2.43. The van der Waals surface area contributed by atoms with Gasteiger partial charge in [0.05, 0.1) is 11.5 Å². The molecule has 0 fully saturated rings. The maximum atomic E-state index is 13.5. The third-order valence-electron chi connectivity index (χ3n) is 3.40. The predicted molar refractivity (Wildman–Crippen MR) is 79.9 cm³/mol. The van der Waals surface area contributed by atoms with Gasteiger partial charge >= 0.3 is 5.97 Å². The number of ether oxygens (including phenoxy) is 1. The summed E-state index contributed by atoms with van der Waals surface area (Å²) in [6.45, 7) is 5.98. The molecule has 0 aliphatic rings. The fourth-order valence-corrected chi connectivity index (χ4v) is 2.06. The molecule has 0 heterocycles. The summed E-state index contributed by atoms with van der Waals surface area (Å²) in [7, 11) is 0. The molecular weight excluding hydrogens is 306 g/mol. The largest absolute Gasteiger partial charge is 0.457 e. The van der Waals surface area contributed by atoms with Crippen molar-refractivity contribution in [1.82, 2.24) is 0 Å². The first-order valence-electron chi connectivity index (χ1n) is 7.16. The summed E-state index contributed by atoms with van der Waals surface area (Å²) in [5, 5.41) is 0. The number of esters is 1. The summed E-state index contributed by atoms with van der Waals surface area (Å²) in [5.41, 5.74) is -1.01. The van der Waals surface area contributed by atoms with E-state index >= 15 is 0 Å². The number of halogens is 2. The molecule has 0 N–H and O–H groups in total. The highest BCUT2D eigenvalue weighted by molar-refractivity contribution is 5.98. The molecule has 0 bridgehead atoms. The number of carbonyl (C=O) groups excluding carboxylic acids is 3. The fraction of sp³-hybridized carbons (Fsp3) is 0.471. The highest BCUT2D eigenvalue weighted by Gasteiger charge is 2.34. The normalized spacial score (nSPS) is 12.6. The van der Waals surface area contributed by atoms with Gasteiger partial charge in [0.25, 0.3) is 0 Å². The number of hydrogen-bond donors (Lipinski definition) is 0. The van der Waals surface area contributed by atoms with Crippen molar-refractivity contribution in [3.8, 4) is 0 Å². The molecule has 0 saturated carbocycles. The average molecular weight is 326 g/mol. The first-order chi connectivity index (χ1) is 10.5. The predicted octanol–water partition coefficient (Wildman–Crippen LogP) is 3.33. The number of rotatable bonds is 6. The molecule has 0 saturated heterocycles. The van der Waals surface area contributed by atoms with E-state index in [1.165, 1.54) is 6.92 Å². The number of carbonyl (C=O) groups is 3. The van der Waals surface area contributed by atoms with Crippen LogP contribution in [0.1, 0.15) is 44.5 Å². The molecule has 1 aromatic rings. The van der Waals surface area contributed by atoms with Crippen molar-refractivity contribution in [3.05, 3.63) is 35.4 Å². The van der Waals surface area contributed by atoms with E-state index in [2.05, 4.69) is 0 Å². The van der Waals surface area contributed by atoms with Crippen LogP contribution in [0, 0.1) is 23.0 Å². The van der Waals surface area contributed by atoms with Crippen LogP contribution in [-0.2, 0) is 14.3 Å². The van der Waals surface area contributed by atoms with Crippen molar-refractivity contribution in [3.63, 3.8) is 0 Å². The number of hydrogen-bond acceptors (Lipinski definition) is 4. The summed E-state index contributed by atoms with van der Waals surface area (Å²) >= 11 is 0. The van der Waals surface area contributed by atoms with Gasteiger partial charge in [0, 0.05) is 6.42 Å². The van der Waals surface area contributed by atoms with E-state index in [0.717, 1.165) is 18.2 Å². The van der Waals surface area contributed by atoms with E-state index < -0.39 is 46.9 Å². The third kappa shape index (κ3) is 5.54. The molecule has 0 spiro atoms. The molecule has 6 heteroatoms. The molecule has 4 nitrogen and oxygen atoms in total. The van der Waals surface area contributed by atoms with Crippen LogP contribution in [0.2, 0.25) is 0 Å². The maximum Gasteiger partial charge on any atom is 0.310 e. The molecule has 1 rings (SSSR count). The van der Waals surface area contributed by atoms with Crippen LogP contribution >= 0.6 is 0 Å². The van der Waals surface area contributed by atoms with E-state index in [1.807, 2.05) is 0 Å². The molecule has 23 heavy (non-hydrogen) atoms. The molecule has 1 atom stereocenters. The summed E-state index contributed by atoms with van der Waals surface area (Å²) in [6, 6.07) is 2.47. The Morgan fingerprint density at radius 2 is 1.78 bits per heavy atom. The molecule has 0 aliphatic heterocycles. The Balaban J connectivity index is 2.79. The molecule has 0 radical (unpaired) electrons. The van der Waals surface area contributed by atoms with Gasteiger partial charge in [0.15, 0.2) is 6.61 Å². The highest BCUT2D eigenvalue weighted by atomic mass is 19.1. The summed E-state index contributed by atoms with van der Waals surface area (Å²) in [5.74, 6) is -4.09.